The molecule has 5 heteroatoms. The molecule has 0 heterocycles. The molecule has 0 aliphatic heterocycles. The second-order valence-electron chi connectivity index (χ2n) is 4.05. The van der Waals surface area contributed by atoms with E-state index in [1.54, 1.807) is 19.1 Å². The molecule has 0 fully saturated rings. The number of nitrogens with one attached hydrogen (secondary N) is 1. The first-order valence-electron chi connectivity index (χ1n) is 6.39. The van der Waals surface area contributed by atoms with Crippen molar-refractivity contribution in [3.05, 3.63) is 29.3 Å². The Hall–Kier alpha value is -1.59. The number of ether oxygens (including phenoxy) is 2. The molecule has 1 aromatic rings. The molecule has 1 amide bonds. The van der Waals surface area contributed by atoms with Crippen molar-refractivity contribution < 1.29 is 19.4 Å². The van der Waals surface area contributed by atoms with Crippen LogP contribution >= 0.6 is 0 Å². The van der Waals surface area contributed by atoms with Crippen molar-refractivity contribution in [3.8, 4) is 5.75 Å². The van der Waals surface area contributed by atoms with E-state index >= 15 is 0 Å². The van der Waals surface area contributed by atoms with Gasteiger partial charge in [0, 0.05) is 18.8 Å². The summed E-state index contributed by atoms with van der Waals surface area (Å²) in [5.41, 5.74) is 1.26. The summed E-state index contributed by atoms with van der Waals surface area (Å²) in [6, 6.07) is 4.64. The quantitative estimate of drug-likeness (QED) is 0.740. The SMILES string of the molecule is CCOC(CNC(=O)c1ccc(O)cc1C)OCC. The first-order valence-corrected chi connectivity index (χ1v) is 6.39. The molecule has 0 radical (unpaired) electrons. The van der Waals surface area contributed by atoms with Gasteiger partial charge in [0.15, 0.2) is 6.29 Å². The zero-order valence-electron chi connectivity index (χ0n) is 11.6. The van der Waals surface area contributed by atoms with Crippen molar-refractivity contribution in [1.82, 2.24) is 5.32 Å². The highest BCUT2D eigenvalue weighted by Gasteiger charge is 2.13. The van der Waals surface area contributed by atoms with Crippen LogP contribution in [0.2, 0.25) is 0 Å². The predicted molar refractivity (Wildman–Crippen MR) is 72.2 cm³/mol. The van der Waals surface area contributed by atoms with Crippen LogP contribution in [0.4, 0.5) is 0 Å². The molecule has 0 aliphatic carbocycles. The number of carbonyl (C=O) groups is 1. The fourth-order valence-electron chi connectivity index (χ4n) is 1.71. The van der Waals surface area contributed by atoms with E-state index in [0.29, 0.717) is 25.3 Å². The summed E-state index contributed by atoms with van der Waals surface area (Å²) in [6.07, 6.45) is -0.434. The van der Waals surface area contributed by atoms with Crippen LogP contribution in [0.1, 0.15) is 29.8 Å². The molecule has 106 valence electrons. The maximum atomic E-state index is 12.0. The maximum absolute atomic E-state index is 12.0. The van der Waals surface area contributed by atoms with Gasteiger partial charge in [0.25, 0.3) is 5.91 Å². The fraction of sp³-hybridized carbons (Fsp3) is 0.500. The zero-order valence-corrected chi connectivity index (χ0v) is 11.6. The molecule has 0 atom stereocenters. The van der Waals surface area contributed by atoms with Gasteiger partial charge in [-0.25, -0.2) is 0 Å². The Morgan fingerprint density at radius 3 is 2.47 bits per heavy atom. The largest absolute Gasteiger partial charge is 0.508 e. The summed E-state index contributed by atoms with van der Waals surface area (Å²) < 4.78 is 10.7. The van der Waals surface area contributed by atoms with Crippen LogP contribution in [-0.2, 0) is 9.47 Å². The van der Waals surface area contributed by atoms with Crippen molar-refractivity contribution in [2.75, 3.05) is 19.8 Å². The summed E-state index contributed by atoms with van der Waals surface area (Å²) >= 11 is 0. The molecule has 2 N–H and O–H groups in total. The third-order valence-corrected chi connectivity index (χ3v) is 2.59. The lowest BCUT2D eigenvalue weighted by atomic mass is 10.1. The smallest absolute Gasteiger partial charge is 0.251 e. The molecule has 0 aromatic heterocycles. The van der Waals surface area contributed by atoms with Gasteiger partial charge in [0.05, 0.1) is 6.54 Å². The number of phenolic OH excluding ortho intramolecular Hbond substituents is 1. The van der Waals surface area contributed by atoms with Gasteiger partial charge in [-0.1, -0.05) is 0 Å². The third kappa shape index (κ3) is 4.89. The molecule has 0 aliphatic rings. The summed E-state index contributed by atoms with van der Waals surface area (Å²) in [4.78, 5) is 12.0. The highest BCUT2D eigenvalue weighted by Crippen LogP contribution is 2.15. The number of phenols is 1. The minimum absolute atomic E-state index is 0.149. The molecule has 1 aromatic carbocycles. The van der Waals surface area contributed by atoms with Gasteiger partial charge in [-0.2, -0.15) is 0 Å². The number of rotatable bonds is 7. The number of hydrogen-bond acceptors (Lipinski definition) is 4. The van der Waals surface area contributed by atoms with Gasteiger partial charge in [0.1, 0.15) is 5.75 Å². The topological polar surface area (TPSA) is 67.8 Å². The molecule has 0 saturated carbocycles. The average Bonchev–Trinajstić information content (AvgIpc) is 2.36. The first-order chi connectivity index (χ1) is 9.08. The van der Waals surface area contributed by atoms with Crippen molar-refractivity contribution in [3.63, 3.8) is 0 Å². The summed E-state index contributed by atoms with van der Waals surface area (Å²) in [6.45, 7) is 6.87. The van der Waals surface area contributed by atoms with Crippen LogP contribution in [0.15, 0.2) is 18.2 Å². The molecular formula is C14H21NO4. The molecule has 0 unspecified atom stereocenters. The van der Waals surface area contributed by atoms with E-state index in [0.717, 1.165) is 5.56 Å². The van der Waals surface area contributed by atoms with E-state index in [1.807, 2.05) is 13.8 Å². The lowest BCUT2D eigenvalue weighted by molar-refractivity contribution is -0.131. The standard InChI is InChI=1S/C14H21NO4/c1-4-18-13(19-5-2)9-15-14(17)12-7-6-11(16)8-10(12)3/h6-8,13,16H,4-5,9H2,1-3H3,(H,15,17). The van der Waals surface area contributed by atoms with E-state index in [4.69, 9.17) is 9.47 Å². The molecule has 0 saturated heterocycles. The number of aryl methyl sites for hydroxylation is 1. The Kier molecular flexibility index (Phi) is 6.32. The normalized spacial score (nSPS) is 10.7. The maximum Gasteiger partial charge on any atom is 0.251 e. The van der Waals surface area contributed by atoms with Crippen molar-refractivity contribution in [2.24, 2.45) is 0 Å². The van der Waals surface area contributed by atoms with Crippen LogP contribution in [0.5, 0.6) is 5.75 Å². The number of hydrogen-bond donors (Lipinski definition) is 2. The van der Waals surface area contributed by atoms with Gasteiger partial charge in [-0.15, -0.1) is 0 Å². The van der Waals surface area contributed by atoms with Crippen LogP contribution < -0.4 is 5.32 Å². The Labute approximate surface area is 113 Å². The number of benzene rings is 1. The van der Waals surface area contributed by atoms with E-state index in [1.165, 1.54) is 6.07 Å². The van der Waals surface area contributed by atoms with Gasteiger partial charge in [-0.05, 0) is 44.5 Å². The fourth-order valence-corrected chi connectivity index (χ4v) is 1.71. The molecule has 0 bridgehead atoms. The first kappa shape index (κ1) is 15.5. The molecule has 5 nitrogen and oxygen atoms in total. The molecule has 0 spiro atoms. The second kappa shape index (κ2) is 7.76. The zero-order chi connectivity index (χ0) is 14.3. The van der Waals surface area contributed by atoms with E-state index in [-0.39, 0.29) is 11.7 Å². The summed E-state index contributed by atoms with van der Waals surface area (Å²) in [5.74, 6) is -0.0579. The van der Waals surface area contributed by atoms with Crippen LogP contribution in [0, 0.1) is 6.92 Å². The lowest BCUT2D eigenvalue weighted by Gasteiger charge is -2.17. The van der Waals surface area contributed by atoms with Crippen molar-refractivity contribution in [1.29, 1.82) is 0 Å². The minimum Gasteiger partial charge on any atom is -0.508 e. The van der Waals surface area contributed by atoms with E-state index in [9.17, 15) is 9.90 Å². The minimum atomic E-state index is -0.434. The second-order valence-corrected chi connectivity index (χ2v) is 4.05. The molecular weight excluding hydrogens is 246 g/mol. The molecule has 19 heavy (non-hydrogen) atoms. The van der Waals surface area contributed by atoms with Gasteiger partial charge in [0.2, 0.25) is 0 Å². The van der Waals surface area contributed by atoms with E-state index in [2.05, 4.69) is 5.32 Å². The predicted octanol–water partition coefficient (Wildman–Crippen LogP) is 1.83. The van der Waals surface area contributed by atoms with E-state index < -0.39 is 6.29 Å². The summed E-state index contributed by atoms with van der Waals surface area (Å²) in [7, 11) is 0. The van der Waals surface area contributed by atoms with Gasteiger partial charge >= 0.3 is 0 Å². The molecule has 1 rings (SSSR count). The number of aromatic hydroxyl groups is 1. The Morgan fingerprint density at radius 2 is 1.95 bits per heavy atom. The summed E-state index contributed by atoms with van der Waals surface area (Å²) in [5, 5.41) is 12.1. The lowest BCUT2D eigenvalue weighted by Crippen LogP contribution is -2.35. The van der Waals surface area contributed by atoms with Crippen molar-refractivity contribution >= 4 is 5.91 Å². The van der Waals surface area contributed by atoms with Crippen molar-refractivity contribution in [2.45, 2.75) is 27.1 Å². The average molecular weight is 267 g/mol. The van der Waals surface area contributed by atoms with Crippen LogP contribution in [0.25, 0.3) is 0 Å². The highest BCUT2D eigenvalue weighted by molar-refractivity contribution is 5.95. The number of amides is 1. The van der Waals surface area contributed by atoms with Crippen LogP contribution in [0.3, 0.4) is 0 Å². The van der Waals surface area contributed by atoms with Gasteiger partial charge in [-0.3, -0.25) is 4.79 Å². The Morgan fingerprint density at radius 1 is 1.32 bits per heavy atom. The highest BCUT2D eigenvalue weighted by atomic mass is 16.7. The Balaban J connectivity index is 2.58. The van der Waals surface area contributed by atoms with Crippen LogP contribution in [-0.4, -0.2) is 37.1 Å². The Bertz CT molecular complexity index is 414. The monoisotopic (exact) mass is 267 g/mol. The number of carbonyl (C=O) groups excluding carboxylic acids is 1. The third-order valence-electron chi connectivity index (χ3n) is 2.59. The van der Waals surface area contributed by atoms with Gasteiger partial charge < -0.3 is 19.9 Å².